The zero-order valence-electron chi connectivity index (χ0n) is 20.5. The number of morpholine rings is 1. The number of nitrogens with one attached hydrogen (secondary N) is 1. The molecule has 1 aliphatic heterocycles. The molecule has 0 bridgehead atoms. The molecule has 1 aromatic carbocycles. The molecular formula is C26H26F2N6O2S. The number of imidazole rings is 1. The van der Waals surface area contributed by atoms with Gasteiger partial charge >= 0.3 is 0 Å². The molecule has 4 heterocycles. The number of pyridine rings is 1. The van der Waals surface area contributed by atoms with Gasteiger partial charge < -0.3 is 19.4 Å². The molecule has 11 heteroatoms. The first-order valence-corrected chi connectivity index (χ1v) is 13.1. The molecule has 2 fully saturated rings. The van der Waals surface area contributed by atoms with E-state index in [1.54, 1.807) is 0 Å². The fourth-order valence-corrected chi connectivity index (χ4v) is 5.39. The number of halogens is 2. The zero-order chi connectivity index (χ0) is 25.7. The molecule has 192 valence electrons. The number of amides is 1. The summed E-state index contributed by atoms with van der Waals surface area (Å²) in [6.07, 6.45) is 3.78. The van der Waals surface area contributed by atoms with Crippen molar-refractivity contribution in [1.29, 1.82) is 0 Å². The van der Waals surface area contributed by atoms with Gasteiger partial charge in [0.05, 0.1) is 29.7 Å². The first kappa shape index (κ1) is 23.9. The number of carbonyl (C=O) groups is 1. The summed E-state index contributed by atoms with van der Waals surface area (Å²) >= 11 is 1.52. The lowest BCUT2D eigenvalue weighted by Gasteiger charge is -2.32. The summed E-state index contributed by atoms with van der Waals surface area (Å²) in [5.74, 6) is -2.11. The molecular weight excluding hydrogens is 498 g/mol. The second-order valence-electron chi connectivity index (χ2n) is 9.65. The van der Waals surface area contributed by atoms with Gasteiger partial charge in [0.15, 0.2) is 0 Å². The largest absolute Gasteiger partial charge is 0.374 e. The first-order valence-electron chi connectivity index (χ1n) is 12.3. The fourth-order valence-electron chi connectivity index (χ4n) is 4.67. The van der Waals surface area contributed by atoms with Gasteiger partial charge in [0.25, 0.3) is 5.91 Å². The minimum absolute atomic E-state index is 0.0367. The number of aryl methyl sites for hydroxylation is 2. The van der Waals surface area contributed by atoms with Crippen LogP contribution in [-0.4, -0.2) is 57.3 Å². The van der Waals surface area contributed by atoms with E-state index < -0.39 is 17.5 Å². The number of nitrogens with zero attached hydrogens (tertiary/aromatic N) is 5. The van der Waals surface area contributed by atoms with Crippen molar-refractivity contribution in [2.45, 2.75) is 45.3 Å². The monoisotopic (exact) mass is 524 g/mol. The highest BCUT2D eigenvalue weighted by Crippen LogP contribution is 2.33. The first-order chi connectivity index (χ1) is 17.9. The molecule has 6 rings (SSSR count). The van der Waals surface area contributed by atoms with Gasteiger partial charge in [-0.05, 0) is 56.5 Å². The summed E-state index contributed by atoms with van der Waals surface area (Å²) in [5.41, 5.74) is 2.14. The Hall–Kier alpha value is -3.44. The molecule has 1 N–H and O–H groups in total. The Morgan fingerprint density at radius 2 is 1.97 bits per heavy atom. The maximum Gasteiger partial charge on any atom is 0.251 e. The molecule has 1 saturated carbocycles. The number of ether oxygens (including phenoxy) is 1. The molecule has 0 unspecified atom stereocenters. The zero-order valence-corrected chi connectivity index (χ0v) is 21.3. The lowest BCUT2D eigenvalue weighted by Crippen LogP contribution is -2.43. The minimum Gasteiger partial charge on any atom is -0.374 e. The summed E-state index contributed by atoms with van der Waals surface area (Å²) in [5, 5.41) is 12.9. The van der Waals surface area contributed by atoms with Crippen molar-refractivity contribution in [3.05, 3.63) is 63.9 Å². The topological polar surface area (TPSA) is 84.6 Å². The van der Waals surface area contributed by atoms with Crippen LogP contribution in [0.4, 0.5) is 13.9 Å². The molecule has 0 radical (unpaired) electrons. The molecule has 4 aromatic rings. The van der Waals surface area contributed by atoms with E-state index >= 15 is 8.78 Å². The highest BCUT2D eigenvalue weighted by Gasteiger charge is 2.29. The Morgan fingerprint density at radius 1 is 1.19 bits per heavy atom. The summed E-state index contributed by atoms with van der Waals surface area (Å²) < 4.78 is 38.8. The number of hydrogen-bond donors (Lipinski definition) is 1. The van der Waals surface area contributed by atoms with Gasteiger partial charge in [-0.15, -0.1) is 10.2 Å². The van der Waals surface area contributed by atoms with Crippen molar-refractivity contribution in [2.75, 3.05) is 24.6 Å². The molecule has 8 nitrogen and oxygen atoms in total. The highest BCUT2D eigenvalue weighted by atomic mass is 32.1. The van der Waals surface area contributed by atoms with E-state index in [1.807, 2.05) is 36.6 Å². The van der Waals surface area contributed by atoms with Crippen LogP contribution in [0.5, 0.6) is 0 Å². The fraction of sp³-hybridized carbons (Fsp3) is 0.385. The van der Waals surface area contributed by atoms with Crippen LogP contribution in [0.15, 0.2) is 30.5 Å². The Morgan fingerprint density at radius 3 is 2.68 bits per heavy atom. The molecule has 1 amide bonds. The van der Waals surface area contributed by atoms with Crippen molar-refractivity contribution in [3.8, 4) is 11.3 Å². The average molecular weight is 525 g/mol. The average Bonchev–Trinajstić information content (AvgIpc) is 3.47. The van der Waals surface area contributed by atoms with E-state index in [0.29, 0.717) is 37.5 Å². The summed E-state index contributed by atoms with van der Waals surface area (Å²) in [7, 11) is 0. The number of aromatic nitrogens is 4. The van der Waals surface area contributed by atoms with Crippen LogP contribution in [-0.2, 0) is 11.2 Å². The molecule has 1 atom stereocenters. The second kappa shape index (κ2) is 9.46. The van der Waals surface area contributed by atoms with E-state index in [1.165, 1.54) is 11.3 Å². The van der Waals surface area contributed by atoms with Gasteiger partial charge in [0.1, 0.15) is 22.3 Å². The molecule has 2 aliphatic rings. The number of hydrogen-bond acceptors (Lipinski definition) is 7. The molecule has 37 heavy (non-hydrogen) atoms. The van der Waals surface area contributed by atoms with E-state index in [0.717, 1.165) is 40.7 Å². The standard InChI is InChI=1S/C26H26F2N6O2S/c1-14-5-6-34-21(12-18-13-33(7-8-36-18)26-32-31-15(2)37-26)24(30-22(34)9-14)23-19(27)10-16(11-20(23)28)25(35)29-17-3-4-17/h5-6,9-11,17-18H,3-4,7-8,12-13H2,1-2H3,(H,29,35)/t18-/m0/s1. The predicted molar refractivity (Wildman–Crippen MR) is 136 cm³/mol. The van der Waals surface area contributed by atoms with Crippen molar-refractivity contribution in [3.63, 3.8) is 0 Å². The van der Waals surface area contributed by atoms with Gasteiger partial charge in [-0.3, -0.25) is 4.79 Å². The number of anilines is 1. The van der Waals surface area contributed by atoms with Crippen LogP contribution >= 0.6 is 11.3 Å². The molecule has 0 spiro atoms. The molecule has 3 aromatic heterocycles. The number of fused-ring (bicyclic) bond motifs is 1. The van der Waals surface area contributed by atoms with Crippen LogP contribution < -0.4 is 10.2 Å². The lowest BCUT2D eigenvalue weighted by atomic mass is 10.0. The second-order valence-corrected chi connectivity index (χ2v) is 10.8. The smallest absolute Gasteiger partial charge is 0.251 e. The summed E-state index contributed by atoms with van der Waals surface area (Å²) in [6.45, 7) is 5.61. The Balaban J connectivity index is 1.36. The number of rotatable bonds is 6. The van der Waals surface area contributed by atoms with Crippen LogP contribution in [0, 0.1) is 25.5 Å². The van der Waals surface area contributed by atoms with E-state index in [2.05, 4.69) is 25.4 Å². The van der Waals surface area contributed by atoms with Crippen molar-refractivity contribution in [1.82, 2.24) is 24.9 Å². The van der Waals surface area contributed by atoms with Gasteiger partial charge in [-0.1, -0.05) is 11.3 Å². The Bertz CT molecular complexity index is 1470. The quantitative estimate of drug-likeness (QED) is 0.409. The van der Waals surface area contributed by atoms with Gasteiger partial charge in [-0.25, -0.2) is 13.8 Å². The normalized spacial score (nSPS) is 17.9. The van der Waals surface area contributed by atoms with Crippen LogP contribution in [0.3, 0.4) is 0 Å². The minimum atomic E-state index is -0.821. The lowest BCUT2D eigenvalue weighted by molar-refractivity contribution is 0.0404. The SMILES string of the molecule is Cc1ccn2c(C[C@H]3CN(c4nnc(C)s4)CCO3)c(-c3c(F)cc(C(=O)NC4CC4)cc3F)nc2c1. The number of carbonyl (C=O) groups excluding carboxylic acids is 1. The third kappa shape index (κ3) is 4.80. The molecule has 1 aliphatic carbocycles. The summed E-state index contributed by atoms with van der Waals surface area (Å²) in [4.78, 5) is 19.2. The molecule has 1 saturated heterocycles. The highest BCUT2D eigenvalue weighted by molar-refractivity contribution is 7.15. The third-order valence-electron chi connectivity index (χ3n) is 6.68. The van der Waals surface area contributed by atoms with E-state index in [-0.39, 0.29) is 29.0 Å². The van der Waals surface area contributed by atoms with E-state index in [9.17, 15) is 4.79 Å². The summed E-state index contributed by atoms with van der Waals surface area (Å²) in [6, 6.07) is 6.07. The van der Waals surface area contributed by atoms with Gasteiger partial charge in [0, 0.05) is 37.3 Å². The number of benzene rings is 1. The van der Waals surface area contributed by atoms with Crippen molar-refractivity contribution in [2.24, 2.45) is 0 Å². The van der Waals surface area contributed by atoms with Crippen LogP contribution in [0.1, 0.15) is 39.5 Å². The van der Waals surface area contributed by atoms with Crippen LogP contribution in [0.25, 0.3) is 16.9 Å². The van der Waals surface area contributed by atoms with Crippen molar-refractivity contribution >= 4 is 28.0 Å². The predicted octanol–water partition coefficient (Wildman–Crippen LogP) is 4.09. The van der Waals surface area contributed by atoms with Gasteiger partial charge in [-0.2, -0.15) is 0 Å². The van der Waals surface area contributed by atoms with Crippen molar-refractivity contribution < 1.29 is 18.3 Å². The Labute approximate surface area is 216 Å². The van der Waals surface area contributed by atoms with Crippen LogP contribution in [0.2, 0.25) is 0 Å². The maximum atomic E-state index is 15.4. The maximum absolute atomic E-state index is 15.4. The van der Waals surface area contributed by atoms with E-state index in [4.69, 9.17) is 4.74 Å². The van der Waals surface area contributed by atoms with Gasteiger partial charge in [0.2, 0.25) is 5.13 Å². The Kier molecular flexibility index (Phi) is 6.12. The third-order valence-corrected chi connectivity index (χ3v) is 7.58.